The number of aliphatic hydroxyl groups excluding tert-OH is 5. The number of nitrogens with two attached hydrogens (primary N) is 3. The fourth-order valence-electron chi connectivity index (χ4n) is 13.9. The molecule has 0 saturated carbocycles. The molecular weight excluding hydrogens is 2010 g/mol. The molecule has 59 heteroatoms. The summed E-state index contributed by atoms with van der Waals surface area (Å²) in [7, 11) is 0. The van der Waals surface area contributed by atoms with Gasteiger partial charge >= 0.3 is 23.9 Å². The first-order valence-electron chi connectivity index (χ1n) is 47.3. The van der Waals surface area contributed by atoms with E-state index in [1.165, 1.54) is 95.7 Å². The summed E-state index contributed by atoms with van der Waals surface area (Å²) >= 11 is 4.10. The number of imidazole rings is 1. The number of aliphatic hydroxyl groups is 5. The number of carbonyl (C=O) groups is 24. The number of hydrogen-bond donors (Lipinski definition) is 34. The highest BCUT2D eigenvalue weighted by Crippen LogP contribution is 2.18. The van der Waals surface area contributed by atoms with Crippen LogP contribution in [0.1, 0.15) is 150 Å². The summed E-state index contributed by atoms with van der Waals surface area (Å²) in [5.74, 6) is -32.2. The number of nitrogens with one attached hydrogen (secondary N) is 20. The third-order valence-electron chi connectivity index (χ3n) is 22.3. The molecule has 0 saturated heterocycles. The number of H-pyrrole nitrogens is 1. The number of carboxylic acid groups (broad SMARTS) is 4. The van der Waals surface area contributed by atoms with E-state index in [0.717, 1.165) is 13.8 Å². The minimum absolute atomic E-state index is 0.0152. The number of rotatable bonds is 69. The SMILES string of the molecule is CC(C)C[C@H](NC(=O)[C@H](Cc1ccc(O)cc1)NC(=O)[C@H](CO)NC(=O)[C@H](CO)NC(=O)[C@@H](NC(=O)[C@H](CC(=O)O)NC(=O)[C@H](CO)NC(=O)[C@@H](NC(=O)[C@H](Cc1ccccc1)NC(=O)[C@@H](NC(=O)CNC(=O)[C@H](CCC(=O)O)NC(=O)C(C)(C)NC(=O)[C@@H](N)Cc1c[nH]cn1)[C@@H](C)O)[C@@H](C)O)C(C)C)C(=O)N[C@@H](CCC(=O)O)C(=O)NCC(=O)N[C@@H](CCC(N)=O)C(=O)N[C@@H](CS)C(=O)N[C@@H](C)C(=O)N[C@@H](CCCCN)C(=O)O. The predicted molar refractivity (Wildman–Crippen MR) is 525 cm³/mol. The van der Waals surface area contributed by atoms with E-state index >= 15 is 0 Å². The molecule has 3 rings (SSSR count). The average Bonchev–Trinajstić information content (AvgIpc) is 0.882. The molecule has 0 unspecified atom stereocenters. The van der Waals surface area contributed by atoms with Crippen LogP contribution in [-0.4, -0.2) is 369 Å². The number of benzene rings is 2. The molecule has 832 valence electrons. The maximum Gasteiger partial charge on any atom is 0.326 e. The molecule has 0 aliphatic rings. The lowest BCUT2D eigenvalue weighted by atomic mass is 10.00. The van der Waals surface area contributed by atoms with Gasteiger partial charge in [0.2, 0.25) is 118 Å². The molecule has 58 nitrogen and oxygen atoms in total. The molecule has 36 N–H and O–H groups in total. The quantitative estimate of drug-likeness (QED) is 0.0184. The van der Waals surface area contributed by atoms with Crippen molar-refractivity contribution in [3.05, 3.63) is 83.9 Å². The molecule has 0 fully saturated rings. The molecule has 1 aromatic heterocycles. The Kier molecular flexibility index (Phi) is 55.7. The summed E-state index contributed by atoms with van der Waals surface area (Å²) < 4.78 is 0. The standard InChI is InChI=1S/C91H138N24O34S/c1-42(2)29-56(78(136)101-52(23-26-67(125)126)75(133)96-35-65(123)100-54(22-25-64(94)122)77(135)110-63(40-150)85(143)99-44(5)73(131)102-55(89(147)148)17-13-14-28-92)103-79(137)57(31-48-18-20-50(121)21-19-48)104-82(140)60(37-116)107-84(142)62(39-118)108-86(144)70(43(3)4)113-81(139)59(33-69(129)130)105-83(141)61(38-117)109-88(146)72(46(7)120)114-80(138)58(30-47-15-11-10-12-16-47)106-87(145)71(45(6)119)112-66(124)36-97-76(134)53(24-27-68(127)128)111-90(149)91(8,9)115-74(132)51(93)32-49-34-95-41-98-49/h10-12,15-16,18-21,34,41-46,51-63,70-72,116-121,150H,13-14,17,22-33,35-40,92-93H2,1-9H3,(H2,94,122)(H,95,98)(H,96,133)(H,97,134)(H,99,143)(H,100,123)(H,101,136)(H,102,131)(H,103,137)(H,104,140)(H,105,141)(H,106,145)(H,107,142)(H,108,144)(H,109,146)(H,110,135)(H,111,149)(H,112,124)(H,113,139)(H,114,138)(H,115,132)(H,125,126)(H,127,128)(H,129,130)(H,147,148)/t44-,45+,46+,51-,52-,53-,54-,55-,56-,57-,58-,59-,60-,61-,62-,63-,70-,71-,72-/m0/s1. The lowest BCUT2D eigenvalue weighted by molar-refractivity contribution is -0.142. The number of aromatic hydroxyl groups is 1. The van der Waals surface area contributed by atoms with E-state index in [2.05, 4.69) is 113 Å². The summed E-state index contributed by atoms with van der Waals surface area (Å²) in [5, 5.41) is 145. The minimum atomic E-state index is -2.23. The van der Waals surface area contributed by atoms with Crippen LogP contribution >= 0.6 is 12.6 Å². The Morgan fingerprint density at radius 1 is 0.407 bits per heavy atom. The van der Waals surface area contributed by atoms with Crippen LogP contribution in [0.2, 0.25) is 0 Å². The van der Waals surface area contributed by atoms with Crippen molar-refractivity contribution < 1.29 is 166 Å². The number of carboxylic acids is 4. The second-order valence-electron chi connectivity index (χ2n) is 36.2. The summed E-state index contributed by atoms with van der Waals surface area (Å²) in [6, 6.07) is -17.9. The number of phenols is 1. The van der Waals surface area contributed by atoms with Crippen LogP contribution in [0.15, 0.2) is 67.1 Å². The van der Waals surface area contributed by atoms with Crippen LogP contribution in [0, 0.1) is 11.8 Å². The van der Waals surface area contributed by atoms with Gasteiger partial charge in [-0.2, -0.15) is 12.6 Å². The van der Waals surface area contributed by atoms with Gasteiger partial charge in [0.1, 0.15) is 108 Å². The smallest absolute Gasteiger partial charge is 0.326 e. The van der Waals surface area contributed by atoms with E-state index in [0.29, 0.717) is 24.1 Å². The van der Waals surface area contributed by atoms with Gasteiger partial charge in [-0.05, 0) is 121 Å². The van der Waals surface area contributed by atoms with Gasteiger partial charge in [-0.25, -0.2) is 9.78 Å². The van der Waals surface area contributed by atoms with Crippen molar-refractivity contribution in [2.45, 2.75) is 273 Å². The molecule has 0 spiro atoms. The highest BCUT2D eigenvalue weighted by atomic mass is 32.1. The van der Waals surface area contributed by atoms with Crippen molar-refractivity contribution in [2.24, 2.45) is 29.0 Å². The lowest BCUT2D eigenvalue weighted by Gasteiger charge is -2.29. The first kappa shape index (κ1) is 129. The fourth-order valence-corrected chi connectivity index (χ4v) is 14.2. The van der Waals surface area contributed by atoms with Crippen molar-refractivity contribution in [3.8, 4) is 5.75 Å². The largest absolute Gasteiger partial charge is 0.508 e. The molecule has 3 aromatic rings. The molecule has 0 aliphatic heterocycles. The number of phenolic OH excluding ortho intramolecular Hbond substituents is 1. The minimum Gasteiger partial charge on any atom is -0.508 e. The van der Waals surface area contributed by atoms with Crippen LogP contribution in [-0.2, 0) is 134 Å². The van der Waals surface area contributed by atoms with Gasteiger partial charge < -0.3 is 174 Å². The Labute approximate surface area is 864 Å². The van der Waals surface area contributed by atoms with Gasteiger partial charge in [-0.3, -0.25) is 110 Å². The number of unbranched alkanes of at least 4 members (excludes halogenated alkanes) is 1. The van der Waals surface area contributed by atoms with Gasteiger partial charge in [0.25, 0.3) is 0 Å². The maximum absolute atomic E-state index is 14.6. The van der Waals surface area contributed by atoms with Crippen molar-refractivity contribution in [3.63, 3.8) is 0 Å². The van der Waals surface area contributed by atoms with E-state index in [4.69, 9.17) is 17.2 Å². The second kappa shape index (κ2) is 64.8. The monoisotopic (exact) mass is 2140 g/mol. The normalized spacial score (nSPS) is 15.0. The Balaban J connectivity index is 1.82. The zero-order chi connectivity index (χ0) is 113. The molecule has 150 heavy (non-hydrogen) atoms. The Hall–Kier alpha value is -15.2. The average molecular weight is 2140 g/mol. The zero-order valence-electron chi connectivity index (χ0n) is 83.7. The third kappa shape index (κ3) is 46.5. The predicted octanol–water partition coefficient (Wildman–Crippen LogP) is -12.6. The number of aliphatic carboxylic acids is 4. The van der Waals surface area contributed by atoms with Crippen LogP contribution in [0.4, 0.5) is 0 Å². The molecule has 0 aliphatic carbocycles. The topological polar surface area (TPSA) is 947 Å². The fraction of sp³-hybridized carbons (Fsp3) is 0.571. The zero-order valence-corrected chi connectivity index (χ0v) is 84.6. The van der Waals surface area contributed by atoms with E-state index in [1.54, 1.807) is 19.9 Å². The first-order valence-corrected chi connectivity index (χ1v) is 48.0. The van der Waals surface area contributed by atoms with E-state index in [9.17, 15) is 166 Å². The summed E-state index contributed by atoms with van der Waals surface area (Å²) in [6.45, 7) is 5.79. The van der Waals surface area contributed by atoms with Gasteiger partial charge in [-0.1, -0.05) is 70.2 Å². The van der Waals surface area contributed by atoms with E-state index in [-0.39, 0.29) is 37.1 Å². The van der Waals surface area contributed by atoms with Crippen LogP contribution in [0.3, 0.4) is 0 Å². The lowest BCUT2D eigenvalue weighted by Crippen LogP contribution is -2.63. The van der Waals surface area contributed by atoms with Crippen molar-refractivity contribution >= 4 is 155 Å². The second-order valence-corrected chi connectivity index (χ2v) is 36.5. The highest BCUT2D eigenvalue weighted by molar-refractivity contribution is 7.80. The van der Waals surface area contributed by atoms with Crippen LogP contribution in [0.25, 0.3) is 0 Å². The number of primary amides is 1. The Bertz CT molecular complexity index is 5140. The molecule has 0 bridgehead atoms. The number of carbonyl (C=O) groups excluding carboxylic acids is 20. The van der Waals surface area contributed by atoms with E-state index in [1.807, 2.05) is 10.6 Å². The van der Waals surface area contributed by atoms with Crippen molar-refractivity contribution in [1.29, 1.82) is 0 Å². The summed E-state index contributed by atoms with van der Waals surface area (Å²) in [6.07, 6.45) is -6.40. The van der Waals surface area contributed by atoms with Crippen molar-refractivity contribution in [2.75, 3.05) is 45.2 Å². The first-order chi connectivity index (χ1) is 70.4. The van der Waals surface area contributed by atoms with Crippen molar-refractivity contribution in [1.82, 2.24) is 111 Å². The molecule has 19 atom stereocenters. The van der Waals surface area contributed by atoms with Gasteiger partial charge in [0.05, 0.1) is 69.6 Å². The number of nitrogens with zero attached hydrogens (tertiary/aromatic N) is 1. The summed E-state index contributed by atoms with van der Waals surface area (Å²) in [5.41, 5.74) is 16.0. The molecule has 1 heterocycles. The number of hydrogen-bond acceptors (Lipinski definition) is 34. The summed E-state index contributed by atoms with van der Waals surface area (Å²) in [4.78, 5) is 329. The molecule has 0 radical (unpaired) electrons. The number of amides is 20. The number of aromatic nitrogens is 2. The molecular formula is C91H138N24O34S. The Morgan fingerprint density at radius 2 is 0.807 bits per heavy atom. The van der Waals surface area contributed by atoms with Gasteiger partial charge in [-0.15, -0.1) is 0 Å². The third-order valence-corrected chi connectivity index (χ3v) is 22.7. The van der Waals surface area contributed by atoms with Crippen LogP contribution in [0.5, 0.6) is 5.75 Å². The van der Waals surface area contributed by atoms with Crippen LogP contribution < -0.4 is 118 Å². The maximum atomic E-state index is 14.6. The highest BCUT2D eigenvalue weighted by Gasteiger charge is 2.42. The van der Waals surface area contributed by atoms with E-state index < -0.39 is 371 Å². The number of thiol groups is 1. The molecule has 20 amide bonds. The van der Waals surface area contributed by atoms with Gasteiger partial charge in [0, 0.05) is 50.5 Å². The Morgan fingerprint density at radius 3 is 1.27 bits per heavy atom. The molecule has 2 aromatic carbocycles. The van der Waals surface area contributed by atoms with Gasteiger partial charge in [0.15, 0.2) is 0 Å². The number of aromatic amines is 1.